The quantitative estimate of drug-likeness (QED) is 0.681. The normalized spacial score (nSPS) is 10.9. The van der Waals surface area contributed by atoms with Gasteiger partial charge in [-0.3, -0.25) is 4.79 Å². The molecule has 0 saturated carbocycles. The molecule has 1 rings (SSSR count). The van der Waals surface area contributed by atoms with Gasteiger partial charge in [-0.05, 0) is 52.3 Å². The van der Waals surface area contributed by atoms with E-state index in [0.29, 0.717) is 30.9 Å². The van der Waals surface area contributed by atoms with Crippen molar-refractivity contribution in [3.05, 3.63) is 23.8 Å². The Labute approximate surface area is 136 Å². The Kier molecular flexibility index (Phi) is 7.54. The number of carbonyl (C=O) groups excluding carboxylic acids is 1. The molecule has 0 aromatic heterocycles. The second-order valence-corrected chi connectivity index (χ2v) is 5.75. The molecule has 0 spiro atoms. The minimum absolute atomic E-state index is 0.0826. The zero-order valence-electron chi connectivity index (χ0n) is 14.1. The van der Waals surface area contributed by atoms with E-state index in [9.17, 15) is 9.59 Å². The molecule has 0 heterocycles. The molecule has 0 aliphatic carbocycles. The van der Waals surface area contributed by atoms with Crippen molar-refractivity contribution in [1.82, 2.24) is 0 Å². The van der Waals surface area contributed by atoms with Crippen molar-refractivity contribution in [3.8, 4) is 5.75 Å². The van der Waals surface area contributed by atoms with Gasteiger partial charge in [0.15, 0.2) is 0 Å². The van der Waals surface area contributed by atoms with Crippen molar-refractivity contribution < 1.29 is 24.2 Å². The molecule has 2 N–H and O–H groups in total. The molecule has 1 aromatic carbocycles. The van der Waals surface area contributed by atoms with E-state index in [2.05, 4.69) is 5.32 Å². The number of carbonyl (C=O) groups is 2. The lowest BCUT2D eigenvalue weighted by atomic mass is 10.1. The number of carboxylic acids is 1. The summed E-state index contributed by atoms with van der Waals surface area (Å²) in [7, 11) is 0. The van der Waals surface area contributed by atoms with Gasteiger partial charge < -0.3 is 19.9 Å². The van der Waals surface area contributed by atoms with Gasteiger partial charge in [-0.1, -0.05) is 0 Å². The lowest BCUT2D eigenvalue weighted by Crippen LogP contribution is -2.16. The molecule has 0 aliphatic rings. The largest absolute Gasteiger partial charge is 0.489 e. The van der Waals surface area contributed by atoms with E-state index >= 15 is 0 Å². The van der Waals surface area contributed by atoms with Gasteiger partial charge in [0, 0.05) is 13.0 Å². The van der Waals surface area contributed by atoms with Gasteiger partial charge in [-0.15, -0.1) is 0 Å². The molecule has 6 heteroatoms. The average Bonchev–Trinajstić information content (AvgIpc) is 2.44. The van der Waals surface area contributed by atoms with E-state index in [1.54, 1.807) is 6.07 Å². The van der Waals surface area contributed by atoms with E-state index in [-0.39, 0.29) is 23.7 Å². The average molecular weight is 323 g/mol. The maximum Gasteiger partial charge on any atom is 0.335 e. The van der Waals surface area contributed by atoms with Crippen LogP contribution >= 0.6 is 0 Å². The predicted molar refractivity (Wildman–Crippen MR) is 88.1 cm³/mol. The van der Waals surface area contributed by atoms with Gasteiger partial charge >= 0.3 is 5.97 Å². The predicted octanol–water partition coefficient (Wildman–Crippen LogP) is 3.32. The van der Waals surface area contributed by atoms with Gasteiger partial charge in [-0.2, -0.15) is 0 Å². The van der Waals surface area contributed by atoms with E-state index < -0.39 is 5.97 Å². The van der Waals surface area contributed by atoms with Crippen LogP contribution < -0.4 is 10.1 Å². The molecule has 0 atom stereocenters. The Morgan fingerprint density at radius 3 is 2.43 bits per heavy atom. The number of aromatic carboxylic acids is 1. The molecule has 6 nitrogen and oxygen atoms in total. The summed E-state index contributed by atoms with van der Waals surface area (Å²) >= 11 is 0. The first-order valence-electron chi connectivity index (χ1n) is 7.75. The van der Waals surface area contributed by atoms with Crippen LogP contribution in [0.2, 0.25) is 0 Å². The van der Waals surface area contributed by atoms with Gasteiger partial charge in [0.05, 0.1) is 23.5 Å². The number of nitrogens with one attached hydrogen (secondary N) is 1. The monoisotopic (exact) mass is 323 g/mol. The van der Waals surface area contributed by atoms with E-state index in [1.165, 1.54) is 12.1 Å². The molecule has 1 amide bonds. The fraction of sp³-hybridized carbons (Fsp3) is 0.529. The lowest BCUT2D eigenvalue weighted by Gasteiger charge is -2.15. The molecule has 0 fully saturated rings. The fourth-order valence-corrected chi connectivity index (χ4v) is 1.88. The SMILES string of the molecule is CC(C)OCCCC(=O)Nc1cc(C(=O)O)ccc1OC(C)C. The third-order valence-corrected chi connectivity index (χ3v) is 2.86. The van der Waals surface area contributed by atoms with E-state index in [0.717, 1.165) is 0 Å². The second-order valence-electron chi connectivity index (χ2n) is 5.75. The third kappa shape index (κ3) is 7.15. The number of anilines is 1. The van der Waals surface area contributed by atoms with Crippen molar-refractivity contribution in [2.45, 2.75) is 52.7 Å². The summed E-state index contributed by atoms with van der Waals surface area (Å²) in [5.41, 5.74) is 0.466. The Hall–Kier alpha value is -2.08. The highest BCUT2D eigenvalue weighted by Crippen LogP contribution is 2.27. The standard InChI is InChI=1S/C17H25NO5/c1-11(2)22-9-5-6-16(19)18-14-10-13(17(20)21)7-8-15(14)23-12(3)4/h7-8,10-12H,5-6,9H2,1-4H3,(H,18,19)(H,20,21). The van der Waals surface area contributed by atoms with Gasteiger partial charge in [0.2, 0.25) is 5.91 Å². The molecule has 0 saturated heterocycles. The lowest BCUT2D eigenvalue weighted by molar-refractivity contribution is -0.116. The zero-order valence-corrected chi connectivity index (χ0v) is 14.1. The van der Waals surface area contributed by atoms with E-state index in [1.807, 2.05) is 27.7 Å². The topological polar surface area (TPSA) is 84.9 Å². The van der Waals surface area contributed by atoms with Crippen molar-refractivity contribution in [1.29, 1.82) is 0 Å². The highest BCUT2D eigenvalue weighted by Gasteiger charge is 2.13. The number of hydrogen-bond donors (Lipinski definition) is 2. The Morgan fingerprint density at radius 2 is 1.87 bits per heavy atom. The van der Waals surface area contributed by atoms with Crippen LogP contribution in [0.1, 0.15) is 50.9 Å². The Morgan fingerprint density at radius 1 is 1.17 bits per heavy atom. The zero-order chi connectivity index (χ0) is 17.4. The summed E-state index contributed by atoms with van der Waals surface area (Å²) in [5, 5.41) is 11.8. The molecule has 23 heavy (non-hydrogen) atoms. The first-order chi connectivity index (χ1) is 10.8. The molecule has 0 radical (unpaired) electrons. The summed E-state index contributed by atoms with van der Waals surface area (Å²) in [6, 6.07) is 4.41. The van der Waals surface area contributed by atoms with Gasteiger partial charge in [-0.25, -0.2) is 4.79 Å². The minimum atomic E-state index is -1.05. The van der Waals surface area contributed by atoms with Crippen molar-refractivity contribution >= 4 is 17.6 Å². The van der Waals surface area contributed by atoms with Crippen LogP contribution in [-0.4, -0.2) is 35.8 Å². The second kappa shape index (κ2) is 9.15. The van der Waals surface area contributed by atoms with Crippen LogP contribution in [0.3, 0.4) is 0 Å². The third-order valence-electron chi connectivity index (χ3n) is 2.86. The maximum atomic E-state index is 12.0. The van der Waals surface area contributed by atoms with Crippen molar-refractivity contribution in [3.63, 3.8) is 0 Å². The summed E-state index contributed by atoms with van der Waals surface area (Å²) < 4.78 is 11.0. The molecule has 128 valence electrons. The van der Waals surface area contributed by atoms with Crippen molar-refractivity contribution in [2.75, 3.05) is 11.9 Å². The van der Waals surface area contributed by atoms with Gasteiger partial charge in [0.25, 0.3) is 0 Å². The molecule has 0 bridgehead atoms. The van der Waals surface area contributed by atoms with Gasteiger partial charge in [0.1, 0.15) is 5.75 Å². The highest BCUT2D eigenvalue weighted by atomic mass is 16.5. The number of benzene rings is 1. The Balaban J connectivity index is 2.73. The molecular formula is C17H25NO5. The summed E-state index contributed by atoms with van der Waals surface area (Å²) in [6.45, 7) is 8.11. The summed E-state index contributed by atoms with van der Waals surface area (Å²) in [4.78, 5) is 23.1. The molecule has 1 aromatic rings. The fourth-order valence-electron chi connectivity index (χ4n) is 1.88. The maximum absolute atomic E-state index is 12.0. The van der Waals surface area contributed by atoms with Crippen LogP contribution in [0.5, 0.6) is 5.75 Å². The number of hydrogen-bond acceptors (Lipinski definition) is 4. The molecule has 0 unspecified atom stereocenters. The number of ether oxygens (including phenoxy) is 2. The first-order valence-corrected chi connectivity index (χ1v) is 7.75. The van der Waals surface area contributed by atoms with Crippen LogP contribution in [0.15, 0.2) is 18.2 Å². The minimum Gasteiger partial charge on any atom is -0.489 e. The van der Waals surface area contributed by atoms with Crippen LogP contribution in [0.4, 0.5) is 5.69 Å². The summed E-state index contributed by atoms with van der Waals surface area (Å²) in [6.07, 6.45) is 0.950. The smallest absolute Gasteiger partial charge is 0.335 e. The number of carboxylic acid groups (broad SMARTS) is 1. The molecule has 0 aliphatic heterocycles. The highest BCUT2D eigenvalue weighted by molar-refractivity contribution is 5.95. The number of amides is 1. The van der Waals surface area contributed by atoms with Crippen LogP contribution in [0.25, 0.3) is 0 Å². The Bertz CT molecular complexity index is 540. The van der Waals surface area contributed by atoms with Crippen LogP contribution in [-0.2, 0) is 9.53 Å². The van der Waals surface area contributed by atoms with Crippen molar-refractivity contribution in [2.24, 2.45) is 0 Å². The van der Waals surface area contributed by atoms with Crippen LogP contribution in [0, 0.1) is 0 Å². The molecular weight excluding hydrogens is 298 g/mol. The number of rotatable bonds is 9. The van der Waals surface area contributed by atoms with E-state index in [4.69, 9.17) is 14.6 Å². The first kappa shape index (κ1) is 19.0. The summed E-state index contributed by atoms with van der Waals surface area (Å²) in [5.74, 6) is -0.799.